The molecule has 2 fully saturated rings. The molecule has 0 bridgehead atoms. The number of carboxylic acid groups (broad SMARTS) is 1. The van der Waals surface area contributed by atoms with Crippen LogP contribution in [0.15, 0.2) is 18.2 Å². The van der Waals surface area contributed by atoms with Gasteiger partial charge in [-0.2, -0.15) is 0 Å². The maximum atomic E-state index is 14.1. The molecule has 0 spiro atoms. The van der Waals surface area contributed by atoms with Crippen LogP contribution in [0.4, 0.5) is 4.39 Å². The topological polar surface area (TPSA) is 55.8 Å². The molecule has 1 saturated carbocycles. The van der Waals surface area contributed by atoms with Gasteiger partial charge < -0.3 is 14.6 Å². The molecule has 1 saturated heterocycles. The number of hydrogen-bond acceptors (Lipinski definition) is 3. The third-order valence-electron chi connectivity index (χ3n) is 4.11. The van der Waals surface area contributed by atoms with E-state index in [4.69, 9.17) is 9.47 Å². The van der Waals surface area contributed by atoms with Crippen molar-refractivity contribution >= 4 is 5.97 Å². The fraction of sp³-hybridized carbons (Fsp3) is 0.533. The zero-order chi connectivity index (χ0) is 14.2. The zero-order valence-corrected chi connectivity index (χ0v) is 11.1. The number of halogens is 1. The summed E-state index contributed by atoms with van der Waals surface area (Å²) in [7, 11) is 0. The number of carboxylic acids is 1. The van der Waals surface area contributed by atoms with Gasteiger partial charge in [0, 0.05) is 12.8 Å². The van der Waals surface area contributed by atoms with Gasteiger partial charge in [0.05, 0.1) is 18.6 Å². The van der Waals surface area contributed by atoms with Crippen LogP contribution in [0.2, 0.25) is 0 Å². The lowest BCUT2D eigenvalue weighted by molar-refractivity contribution is -0.140. The largest absolute Gasteiger partial charge is 0.487 e. The molecule has 1 aromatic carbocycles. The second-order valence-corrected chi connectivity index (χ2v) is 5.46. The highest BCUT2D eigenvalue weighted by Gasteiger charge is 2.52. The van der Waals surface area contributed by atoms with Gasteiger partial charge in [-0.1, -0.05) is 6.07 Å². The summed E-state index contributed by atoms with van der Waals surface area (Å²) in [5.74, 6) is -1.17. The van der Waals surface area contributed by atoms with Gasteiger partial charge in [0.2, 0.25) is 0 Å². The minimum atomic E-state index is -0.880. The smallest absolute Gasteiger partial charge is 0.314 e. The monoisotopic (exact) mass is 280 g/mol. The van der Waals surface area contributed by atoms with Gasteiger partial charge in [0.1, 0.15) is 6.10 Å². The summed E-state index contributed by atoms with van der Waals surface area (Å²) < 4.78 is 24.9. The Morgan fingerprint density at radius 1 is 1.35 bits per heavy atom. The number of ether oxygens (including phenoxy) is 2. The van der Waals surface area contributed by atoms with Crippen molar-refractivity contribution in [3.05, 3.63) is 29.6 Å². The van der Waals surface area contributed by atoms with Crippen molar-refractivity contribution in [1.82, 2.24) is 0 Å². The van der Waals surface area contributed by atoms with Gasteiger partial charge in [-0.3, -0.25) is 4.79 Å². The van der Waals surface area contributed by atoms with Crippen LogP contribution in [-0.2, 0) is 14.9 Å². The molecule has 20 heavy (non-hydrogen) atoms. The van der Waals surface area contributed by atoms with Crippen LogP contribution in [0.5, 0.6) is 5.75 Å². The molecule has 0 amide bonds. The van der Waals surface area contributed by atoms with Crippen LogP contribution in [0.1, 0.15) is 31.2 Å². The van der Waals surface area contributed by atoms with E-state index in [1.165, 1.54) is 6.07 Å². The summed E-state index contributed by atoms with van der Waals surface area (Å²) in [6.07, 6.45) is 2.61. The summed E-state index contributed by atoms with van der Waals surface area (Å²) in [4.78, 5) is 11.2. The number of carbonyl (C=O) groups is 1. The molecular formula is C15H17FO4. The normalized spacial score (nSPS) is 21.4. The first-order valence-electron chi connectivity index (χ1n) is 6.90. The van der Waals surface area contributed by atoms with Gasteiger partial charge in [-0.25, -0.2) is 4.39 Å². The Bertz CT molecular complexity index is 519. The highest BCUT2D eigenvalue weighted by Crippen LogP contribution is 2.49. The molecule has 1 heterocycles. The van der Waals surface area contributed by atoms with E-state index in [0.29, 0.717) is 31.6 Å². The predicted molar refractivity (Wildman–Crippen MR) is 69.4 cm³/mol. The summed E-state index contributed by atoms with van der Waals surface area (Å²) in [6, 6.07) is 4.51. The zero-order valence-electron chi connectivity index (χ0n) is 11.1. The van der Waals surface area contributed by atoms with E-state index < -0.39 is 17.2 Å². The van der Waals surface area contributed by atoms with Gasteiger partial charge in [0.15, 0.2) is 11.6 Å². The van der Waals surface area contributed by atoms with E-state index in [0.717, 1.165) is 12.8 Å². The molecule has 3 rings (SSSR count). The third-order valence-corrected chi connectivity index (χ3v) is 4.11. The van der Waals surface area contributed by atoms with E-state index in [2.05, 4.69) is 0 Å². The van der Waals surface area contributed by atoms with Crippen molar-refractivity contribution in [2.24, 2.45) is 0 Å². The van der Waals surface area contributed by atoms with Crippen LogP contribution in [0, 0.1) is 5.82 Å². The quantitative estimate of drug-likeness (QED) is 0.920. The van der Waals surface area contributed by atoms with E-state index in [1.807, 2.05) is 0 Å². The Balaban J connectivity index is 1.76. The number of hydrogen-bond donors (Lipinski definition) is 1. The molecule has 4 nitrogen and oxygen atoms in total. The lowest BCUT2D eigenvalue weighted by Gasteiger charge is -2.23. The van der Waals surface area contributed by atoms with Crippen LogP contribution in [0.3, 0.4) is 0 Å². The van der Waals surface area contributed by atoms with Crippen molar-refractivity contribution in [2.75, 3.05) is 13.2 Å². The third kappa shape index (κ3) is 2.38. The van der Waals surface area contributed by atoms with E-state index in [-0.39, 0.29) is 11.9 Å². The fourth-order valence-corrected chi connectivity index (χ4v) is 2.62. The SMILES string of the molecule is O=C(O)C1(c2ccc(OC3CCOCC3)c(F)c2)CC1. The minimum Gasteiger partial charge on any atom is -0.487 e. The lowest BCUT2D eigenvalue weighted by atomic mass is 9.96. The second kappa shape index (κ2) is 5.05. The van der Waals surface area contributed by atoms with Crippen molar-refractivity contribution in [3.63, 3.8) is 0 Å². The highest BCUT2D eigenvalue weighted by molar-refractivity contribution is 5.84. The van der Waals surface area contributed by atoms with E-state index in [1.54, 1.807) is 12.1 Å². The molecule has 0 radical (unpaired) electrons. The summed E-state index contributed by atoms with van der Waals surface area (Å²) >= 11 is 0. The average Bonchev–Trinajstić information content (AvgIpc) is 3.24. The van der Waals surface area contributed by atoms with Crippen LogP contribution < -0.4 is 4.74 Å². The average molecular weight is 280 g/mol. The molecule has 0 aromatic heterocycles. The van der Waals surface area contributed by atoms with Crippen molar-refractivity contribution in [1.29, 1.82) is 0 Å². The Labute approximate surface area is 116 Å². The molecule has 5 heteroatoms. The standard InChI is InChI=1S/C15H17FO4/c16-12-9-10(15(5-6-15)14(17)18)1-2-13(12)20-11-3-7-19-8-4-11/h1-2,9,11H,3-8H2,(H,17,18). The Morgan fingerprint density at radius 2 is 2.05 bits per heavy atom. The molecule has 1 aromatic rings. The van der Waals surface area contributed by atoms with E-state index >= 15 is 0 Å². The molecule has 1 aliphatic carbocycles. The summed E-state index contributed by atoms with van der Waals surface area (Å²) in [5.41, 5.74) is -0.347. The Hall–Kier alpha value is -1.62. The van der Waals surface area contributed by atoms with Crippen molar-refractivity contribution in [3.8, 4) is 5.75 Å². The summed E-state index contributed by atoms with van der Waals surface area (Å²) in [5, 5.41) is 9.21. The molecule has 108 valence electrons. The van der Waals surface area contributed by atoms with Gasteiger partial charge in [-0.05, 0) is 30.5 Å². The van der Waals surface area contributed by atoms with Crippen molar-refractivity contribution in [2.45, 2.75) is 37.2 Å². The summed E-state index contributed by atoms with van der Waals surface area (Å²) in [6.45, 7) is 1.26. The Kier molecular flexibility index (Phi) is 3.38. The van der Waals surface area contributed by atoms with Gasteiger partial charge >= 0.3 is 5.97 Å². The lowest BCUT2D eigenvalue weighted by Crippen LogP contribution is -2.26. The molecule has 1 aliphatic heterocycles. The second-order valence-electron chi connectivity index (χ2n) is 5.46. The molecule has 1 N–H and O–H groups in total. The van der Waals surface area contributed by atoms with Crippen LogP contribution in [-0.4, -0.2) is 30.4 Å². The first-order chi connectivity index (χ1) is 9.62. The van der Waals surface area contributed by atoms with Gasteiger partial charge in [0.25, 0.3) is 0 Å². The predicted octanol–water partition coefficient (Wildman–Crippen LogP) is 2.50. The molecule has 2 aliphatic rings. The minimum absolute atomic E-state index is 0.0292. The van der Waals surface area contributed by atoms with Crippen molar-refractivity contribution < 1.29 is 23.8 Å². The van der Waals surface area contributed by atoms with E-state index in [9.17, 15) is 14.3 Å². The molecular weight excluding hydrogens is 263 g/mol. The van der Waals surface area contributed by atoms with Crippen LogP contribution in [0.25, 0.3) is 0 Å². The molecule has 0 atom stereocenters. The number of benzene rings is 1. The number of rotatable bonds is 4. The maximum absolute atomic E-state index is 14.1. The first-order valence-corrected chi connectivity index (χ1v) is 6.90. The van der Waals surface area contributed by atoms with Gasteiger partial charge in [-0.15, -0.1) is 0 Å². The maximum Gasteiger partial charge on any atom is 0.314 e. The first kappa shape index (κ1) is 13.4. The Morgan fingerprint density at radius 3 is 2.60 bits per heavy atom. The van der Waals surface area contributed by atoms with Crippen LogP contribution >= 0.6 is 0 Å². The number of aliphatic carboxylic acids is 1. The molecule has 0 unspecified atom stereocenters. The highest BCUT2D eigenvalue weighted by atomic mass is 19.1. The fourth-order valence-electron chi connectivity index (χ4n) is 2.62.